The van der Waals surface area contributed by atoms with Crippen molar-refractivity contribution in [3.63, 3.8) is 0 Å². The zero-order valence-electron chi connectivity index (χ0n) is 22.8. The van der Waals surface area contributed by atoms with Gasteiger partial charge in [0.15, 0.2) is 0 Å². The number of ether oxygens (including phenoxy) is 1. The van der Waals surface area contributed by atoms with E-state index in [1.54, 1.807) is 0 Å². The fourth-order valence-electron chi connectivity index (χ4n) is 4.85. The molecule has 0 aliphatic heterocycles. The van der Waals surface area contributed by atoms with Crippen LogP contribution in [-0.4, -0.2) is 6.61 Å². The van der Waals surface area contributed by atoms with Gasteiger partial charge in [0.25, 0.3) is 0 Å². The summed E-state index contributed by atoms with van der Waals surface area (Å²) >= 11 is 4.95. The van der Waals surface area contributed by atoms with Crippen LogP contribution in [0.25, 0.3) is 0 Å². The number of hydrogen-bond acceptors (Lipinski definition) is 2. The van der Waals surface area contributed by atoms with Gasteiger partial charge in [-0.15, -0.1) is 0 Å². The molecule has 0 aromatic heterocycles. The number of unbranched alkanes of at least 4 members (excludes halogenated alkanes) is 15. The zero-order chi connectivity index (χ0) is 25.0. The lowest BCUT2D eigenvalue weighted by atomic mass is 9.92. The highest BCUT2D eigenvalue weighted by Gasteiger charge is 2.22. The van der Waals surface area contributed by atoms with Crippen LogP contribution in [0.4, 0.5) is 0 Å². The van der Waals surface area contributed by atoms with Gasteiger partial charge in [-0.3, -0.25) is 0 Å². The van der Waals surface area contributed by atoms with Crippen LogP contribution in [0, 0.1) is 0 Å². The van der Waals surface area contributed by atoms with Gasteiger partial charge in [-0.1, -0.05) is 146 Å². The summed E-state index contributed by atoms with van der Waals surface area (Å²) in [5, 5.41) is 0. The summed E-state index contributed by atoms with van der Waals surface area (Å²) in [7, 11) is 0. The third kappa shape index (κ3) is 14.0. The summed E-state index contributed by atoms with van der Waals surface area (Å²) < 4.78 is 5.80. The minimum Gasteiger partial charge on any atom is -0.494 e. The van der Waals surface area contributed by atoms with Crippen molar-refractivity contribution in [2.45, 2.75) is 128 Å². The van der Waals surface area contributed by atoms with E-state index in [0.717, 1.165) is 25.2 Å². The minimum atomic E-state index is -0.187. The van der Waals surface area contributed by atoms with Gasteiger partial charge in [-0.2, -0.15) is 12.6 Å². The number of hydrogen-bond donors (Lipinski definition) is 1. The standard InChI is InChI=1S/C33H52OS/c1-3-4-5-6-7-8-9-10-11-12-13-14-15-16-17-21-28-34-32-26-24-31(25-27-32)33(2,35)29-30-22-19-18-20-23-30/h18-20,22-27,35H,3-17,21,28-29H2,1-2H3. The molecule has 0 heterocycles. The summed E-state index contributed by atoms with van der Waals surface area (Å²) in [4.78, 5) is 0. The Hall–Kier alpha value is -1.41. The van der Waals surface area contributed by atoms with Crippen LogP contribution < -0.4 is 4.74 Å². The molecule has 0 N–H and O–H groups in total. The van der Waals surface area contributed by atoms with Crippen molar-refractivity contribution in [2.24, 2.45) is 0 Å². The Balaban J connectivity index is 1.43. The van der Waals surface area contributed by atoms with Gasteiger partial charge < -0.3 is 4.74 Å². The second kappa shape index (κ2) is 18.8. The molecule has 0 saturated carbocycles. The molecule has 0 spiro atoms. The lowest BCUT2D eigenvalue weighted by Crippen LogP contribution is -2.17. The molecule has 35 heavy (non-hydrogen) atoms. The smallest absolute Gasteiger partial charge is 0.119 e. The maximum Gasteiger partial charge on any atom is 0.119 e. The fraction of sp³-hybridized carbons (Fsp3) is 0.636. The van der Waals surface area contributed by atoms with Crippen molar-refractivity contribution in [3.05, 3.63) is 65.7 Å². The molecule has 2 aromatic rings. The molecule has 0 bridgehead atoms. The van der Waals surface area contributed by atoms with E-state index in [4.69, 9.17) is 17.4 Å². The Morgan fingerprint density at radius 2 is 1.06 bits per heavy atom. The molecule has 0 amide bonds. The first kappa shape index (κ1) is 29.8. The highest BCUT2D eigenvalue weighted by Crippen LogP contribution is 2.33. The quantitative estimate of drug-likeness (QED) is 0.133. The van der Waals surface area contributed by atoms with Crippen LogP contribution in [0.1, 0.15) is 128 Å². The minimum absolute atomic E-state index is 0.187. The van der Waals surface area contributed by atoms with Gasteiger partial charge in [-0.05, 0) is 43.0 Å². The van der Waals surface area contributed by atoms with Crippen molar-refractivity contribution in [3.8, 4) is 5.75 Å². The lowest BCUT2D eigenvalue weighted by molar-refractivity contribution is 0.304. The van der Waals surface area contributed by atoms with Gasteiger partial charge in [0, 0.05) is 4.75 Å². The average molecular weight is 497 g/mol. The summed E-state index contributed by atoms with van der Waals surface area (Å²) in [5.74, 6) is 0.971. The van der Waals surface area contributed by atoms with E-state index in [0.29, 0.717) is 0 Å². The monoisotopic (exact) mass is 496 g/mol. The molecule has 0 fully saturated rings. The molecule has 2 heteroatoms. The van der Waals surface area contributed by atoms with E-state index >= 15 is 0 Å². The van der Waals surface area contributed by atoms with E-state index in [2.05, 4.69) is 68.4 Å². The molecular weight excluding hydrogens is 444 g/mol. The Morgan fingerprint density at radius 3 is 1.54 bits per heavy atom. The zero-order valence-corrected chi connectivity index (χ0v) is 23.7. The highest BCUT2D eigenvalue weighted by molar-refractivity contribution is 7.81. The van der Waals surface area contributed by atoms with Crippen LogP contribution >= 0.6 is 12.6 Å². The normalized spacial score (nSPS) is 13.0. The van der Waals surface area contributed by atoms with Gasteiger partial charge in [0.2, 0.25) is 0 Å². The maximum absolute atomic E-state index is 5.99. The topological polar surface area (TPSA) is 9.23 Å². The van der Waals surface area contributed by atoms with E-state index in [9.17, 15) is 0 Å². The summed E-state index contributed by atoms with van der Waals surface area (Å²) in [5.41, 5.74) is 2.55. The van der Waals surface area contributed by atoms with Crippen molar-refractivity contribution >= 4 is 12.6 Å². The molecule has 1 nitrogen and oxygen atoms in total. The van der Waals surface area contributed by atoms with Crippen LogP contribution in [0.3, 0.4) is 0 Å². The van der Waals surface area contributed by atoms with Crippen molar-refractivity contribution in [2.75, 3.05) is 6.61 Å². The molecule has 0 aliphatic carbocycles. The average Bonchev–Trinajstić information content (AvgIpc) is 2.86. The molecular formula is C33H52OS. The third-order valence-corrected chi connectivity index (χ3v) is 7.55. The van der Waals surface area contributed by atoms with E-state index in [-0.39, 0.29) is 4.75 Å². The molecule has 196 valence electrons. The van der Waals surface area contributed by atoms with Gasteiger partial charge in [0.1, 0.15) is 5.75 Å². The Kier molecular flexibility index (Phi) is 16.0. The van der Waals surface area contributed by atoms with Crippen LogP contribution in [0.2, 0.25) is 0 Å². The maximum atomic E-state index is 5.99. The Bertz CT molecular complexity index is 737. The van der Waals surface area contributed by atoms with Crippen LogP contribution in [0.15, 0.2) is 54.6 Å². The van der Waals surface area contributed by atoms with Crippen LogP contribution in [-0.2, 0) is 11.2 Å². The molecule has 2 rings (SSSR count). The first-order valence-corrected chi connectivity index (χ1v) is 15.1. The van der Waals surface area contributed by atoms with Crippen molar-refractivity contribution in [1.82, 2.24) is 0 Å². The Morgan fingerprint density at radius 1 is 0.600 bits per heavy atom. The number of benzene rings is 2. The first-order valence-electron chi connectivity index (χ1n) is 14.6. The number of thiol groups is 1. The van der Waals surface area contributed by atoms with Crippen LogP contribution in [0.5, 0.6) is 5.75 Å². The second-order valence-electron chi connectivity index (χ2n) is 10.6. The van der Waals surface area contributed by atoms with Gasteiger partial charge in [-0.25, -0.2) is 0 Å². The second-order valence-corrected chi connectivity index (χ2v) is 11.6. The largest absolute Gasteiger partial charge is 0.494 e. The molecule has 0 radical (unpaired) electrons. The Labute approximate surface area is 222 Å². The predicted octanol–water partition coefficient (Wildman–Crippen LogP) is 10.7. The molecule has 0 aliphatic rings. The first-order chi connectivity index (χ1) is 17.1. The number of rotatable bonds is 21. The van der Waals surface area contributed by atoms with E-state index in [1.165, 1.54) is 107 Å². The van der Waals surface area contributed by atoms with E-state index < -0.39 is 0 Å². The van der Waals surface area contributed by atoms with Gasteiger partial charge >= 0.3 is 0 Å². The molecule has 1 atom stereocenters. The third-order valence-electron chi connectivity index (χ3n) is 7.13. The summed E-state index contributed by atoms with van der Waals surface area (Å²) in [6.07, 6.45) is 23.3. The predicted molar refractivity (Wildman–Crippen MR) is 158 cm³/mol. The highest BCUT2D eigenvalue weighted by atomic mass is 32.1. The SMILES string of the molecule is CCCCCCCCCCCCCCCCCCOc1ccc(C(C)(S)Cc2ccccc2)cc1. The van der Waals surface area contributed by atoms with Crippen molar-refractivity contribution in [1.29, 1.82) is 0 Å². The molecule has 1 unspecified atom stereocenters. The summed E-state index contributed by atoms with van der Waals surface area (Å²) in [6, 6.07) is 19.1. The molecule has 0 saturated heterocycles. The lowest BCUT2D eigenvalue weighted by Gasteiger charge is -2.24. The van der Waals surface area contributed by atoms with Gasteiger partial charge in [0.05, 0.1) is 6.61 Å². The molecule has 2 aromatic carbocycles. The fourth-order valence-corrected chi connectivity index (χ4v) is 5.18. The van der Waals surface area contributed by atoms with Crippen molar-refractivity contribution < 1.29 is 4.74 Å². The summed E-state index contributed by atoms with van der Waals surface area (Å²) in [6.45, 7) is 5.30. The van der Waals surface area contributed by atoms with E-state index in [1.807, 2.05) is 0 Å².